The summed E-state index contributed by atoms with van der Waals surface area (Å²) >= 11 is 0. The van der Waals surface area contributed by atoms with Crippen molar-refractivity contribution in [2.45, 2.75) is 44.7 Å². The van der Waals surface area contributed by atoms with Crippen molar-refractivity contribution in [3.05, 3.63) is 12.2 Å². The molecule has 0 spiro atoms. The van der Waals surface area contributed by atoms with Crippen LogP contribution in [-0.2, 0) is 4.79 Å². The standard InChI is InChI=1S/C10H18N2O/c1-8(7-10(11)13)12-9-5-3-2-4-6-9/h3,5,8-9,12H,2,4,6-7H2,1H3,(H2,11,13). The Morgan fingerprint density at radius 2 is 2.54 bits per heavy atom. The van der Waals surface area contributed by atoms with E-state index >= 15 is 0 Å². The Morgan fingerprint density at radius 1 is 1.77 bits per heavy atom. The first-order valence-corrected chi connectivity index (χ1v) is 4.89. The quantitative estimate of drug-likeness (QED) is 0.636. The molecule has 2 unspecified atom stereocenters. The number of nitrogens with two attached hydrogens (primary N) is 1. The Balaban J connectivity index is 2.26. The van der Waals surface area contributed by atoms with Crippen molar-refractivity contribution in [2.75, 3.05) is 0 Å². The van der Waals surface area contributed by atoms with Gasteiger partial charge in [0, 0.05) is 18.5 Å². The van der Waals surface area contributed by atoms with Crippen LogP contribution in [0.25, 0.3) is 0 Å². The Hall–Kier alpha value is -0.830. The van der Waals surface area contributed by atoms with Crippen LogP contribution in [0, 0.1) is 0 Å². The second-order valence-corrected chi connectivity index (χ2v) is 3.70. The SMILES string of the molecule is CC(CC(N)=O)NC1C=CCCC1. The molecule has 0 saturated carbocycles. The summed E-state index contributed by atoms with van der Waals surface area (Å²) in [4.78, 5) is 10.6. The van der Waals surface area contributed by atoms with Crippen LogP contribution in [0.2, 0.25) is 0 Å². The summed E-state index contributed by atoms with van der Waals surface area (Å²) in [5.74, 6) is -0.236. The molecule has 3 N–H and O–H groups in total. The summed E-state index contributed by atoms with van der Waals surface area (Å²) in [6.45, 7) is 1.99. The predicted octanol–water partition coefficient (Wildman–Crippen LogP) is 0.949. The van der Waals surface area contributed by atoms with Crippen molar-refractivity contribution in [3.63, 3.8) is 0 Å². The van der Waals surface area contributed by atoms with Gasteiger partial charge < -0.3 is 11.1 Å². The third kappa shape index (κ3) is 4.08. The van der Waals surface area contributed by atoms with Gasteiger partial charge in [0.2, 0.25) is 5.91 Å². The maximum absolute atomic E-state index is 10.6. The fourth-order valence-corrected chi connectivity index (χ4v) is 1.68. The third-order valence-electron chi connectivity index (χ3n) is 2.26. The van der Waals surface area contributed by atoms with E-state index in [0.29, 0.717) is 12.5 Å². The van der Waals surface area contributed by atoms with Gasteiger partial charge in [0.15, 0.2) is 0 Å². The minimum atomic E-state index is -0.236. The van der Waals surface area contributed by atoms with E-state index in [1.807, 2.05) is 6.92 Å². The van der Waals surface area contributed by atoms with E-state index in [1.165, 1.54) is 19.3 Å². The number of amides is 1. The molecule has 0 saturated heterocycles. The van der Waals surface area contributed by atoms with E-state index in [-0.39, 0.29) is 11.9 Å². The van der Waals surface area contributed by atoms with E-state index in [0.717, 1.165) is 0 Å². The van der Waals surface area contributed by atoms with E-state index in [2.05, 4.69) is 17.5 Å². The van der Waals surface area contributed by atoms with Crippen molar-refractivity contribution in [1.82, 2.24) is 5.32 Å². The maximum Gasteiger partial charge on any atom is 0.218 e. The molecule has 0 radical (unpaired) electrons. The van der Waals surface area contributed by atoms with Gasteiger partial charge in [-0.2, -0.15) is 0 Å². The zero-order chi connectivity index (χ0) is 9.68. The fourth-order valence-electron chi connectivity index (χ4n) is 1.68. The summed E-state index contributed by atoms with van der Waals surface area (Å²) in [7, 11) is 0. The van der Waals surface area contributed by atoms with Crippen LogP contribution in [0.5, 0.6) is 0 Å². The summed E-state index contributed by atoms with van der Waals surface area (Å²) in [6, 6.07) is 0.619. The van der Waals surface area contributed by atoms with E-state index in [4.69, 9.17) is 5.73 Å². The van der Waals surface area contributed by atoms with Crippen LogP contribution >= 0.6 is 0 Å². The molecule has 74 valence electrons. The van der Waals surface area contributed by atoms with Crippen molar-refractivity contribution < 1.29 is 4.79 Å². The Bertz CT molecular complexity index is 201. The summed E-state index contributed by atoms with van der Waals surface area (Å²) < 4.78 is 0. The molecule has 0 aromatic rings. The van der Waals surface area contributed by atoms with Gasteiger partial charge >= 0.3 is 0 Å². The lowest BCUT2D eigenvalue weighted by Crippen LogP contribution is -2.38. The number of rotatable bonds is 4. The molecule has 3 heteroatoms. The van der Waals surface area contributed by atoms with Gasteiger partial charge in [-0.05, 0) is 26.2 Å². The van der Waals surface area contributed by atoms with Gasteiger partial charge in [-0.1, -0.05) is 12.2 Å². The first kappa shape index (κ1) is 10.3. The predicted molar refractivity (Wildman–Crippen MR) is 53.2 cm³/mol. The zero-order valence-electron chi connectivity index (χ0n) is 8.12. The molecule has 1 amide bonds. The molecule has 1 aliphatic carbocycles. The Kier molecular flexibility index (Phi) is 3.96. The first-order chi connectivity index (χ1) is 6.18. The molecular weight excluding hydrogens is 164 g/mol. The minimum Gasteiger partial charge on any atom is -0.370 e. The zero-order valence-corrected chi connectivity index (χ0v) is 8.12. The molecular formula is C10H18N2O. The van der Waals surface area contributed by atoms with Crippen LogP contribution in [0.15, 0.2) is 12.2 Å². The van der Waals surface area contributed by atoms with Crippen molar-refractivity contribution in [3.8, 4) is 0 Å². The fraction of sp³-hybridized carbons (Fsp3) is 0.700. The highest BCUT2D eigenvalue weighted by molar-refractivity contribution is 5.74. The van der Waals surface area contributed by atoms with Gasteiger partial charge in [-0.25, -0.2) is 0 Å². The van der Waals surface area contributed by atoms with Gasteiger partial charge in [-0.15, -0.1) is 0 Å². The highest BCUT2D eigenvalue weighted by Gasteiger charge is 2.12. The number of primary amides is 1. The van der Waals surface area contributed by atoms with Gasteiger partial charge in [0.25, 0.3) is 0 Å². The molecule has 0 bridgehead atoms. The van der Waals surface area contributed by atoms with E-state index in [9.17, 15) is 4.79 Å². The van der Waals surface area contributed by atoms with E-state index in [1.54, 1.807) is 0 Å². The number of allylic oxidation sites excluding steroid dienone is 1. The molecule has 0 aromatic carbocycles. The largest absolute Gasteiger partial charge is 0.370 e. The van der Waals surface area contributed by atoms with Crippen LogP contribution in [-0.4, -0.2) is 18.0 Å². The molecule has 2 atom stereocenters. The van der Waals surface area contributed by atoms with Crippen molar-refractivity contribution in [2.24, 2.45) is 5.73 Å². The minimum absolute atomic E-state index is 0.185. The lowest BCUT2D eigenvalue weighted by atomic mass is 10.0. The molecule has 1 aliphatic rings. The van der Waals surface area contributed by atoms with Crippen LogP contribution in [0.1, 0.15) is 32.6 Å². The molecule has 0 aromatic heterocycles. The van der Waals surface area contributed by atoms with Crippen LogP contribution < -0.4 is 11.1 Å². The molecule has 0 fully saturated rings. The lowest BCUT2D eigenvalue weighted by Gasteiger charge is -2.22. The van der Waals surface area contributed by atoms with Crippen molar-refractivity contribution in [1.29, 1.82) is 0 Å². The third-order valence-corrected chi connectivity index (χ3v) is 2.26. The number of hydrogen-bond acceptors (Lipinski definition) is 2. The average molecular weight is 182 g/mol. The summed E-state index contributed by atoms with van der Waals surface area (Å²) in [5.41, 5.74) is 5.10. The monoisotopic (exact) mass is 182 g/mol. The number of carbonyl (C=O) groups is 1. The molecule has 13 heavy (non-hydrogen) atoms. The van der Waals surface area contributed by atoms with E-state index < -0.39 is 0 Å². The van der Waals surface area contributed by atoms with Gasteiger partial charge in [-0.3, -0.25) is 4.79 Å². The average Bonchev–Trinajstić information content (AvgIpc) is 2.04. The van der Waals surface area contributed by atoms with Crippen LogP contribution in [0.3, 0.4) is 0 Å². The number of nitrogens with one attached hydrogen (secondary N) is 1. The topological polar surface area (TPSA) is 55.1 Å². The molecule has 1 rings (SSSR count). The Morgan fingerprint density at radius 3 is 3.08 bits per heavy atom. The maximum atomic E-state index is 10.6. The number of hydrogen-bond donors (Lipinski definition) is 2. The summed E-state index contributed by atoms with van der Waals surface area (Å²) in [5, 5.41) is 3.36. The smallest absolute Gasteiger partial charge is 0.218 e. The van der Waals surface area contributed by atoms with Crippen molar-refractivity contribution >= 4 is 5.91 Å². The first-order valence-electron chi connectivity index (χ1n) is 4.89. The second-order valence-electron chi connectivity index (χ2n) is 3.70. The number of carbonyl (C=O) groups excluding carboxylic acids is 1. The van der Waals surface area contributed by atoms with Crippen LogP contribution in [0.4, 0.5) is 0 Å². The summed E-state index contributed by atoms with van der Waals surface area (Å²) in [6.07, 6.45) is 8.38. The highest BCUT2D eigenvalue weighted by atomic mass is 16.1. The molecule has 3 nitrogen and oxygen atoms in total. The molecule has 0 heterocycles. The Labute approximate surface area is 79.4 Å². The van der Waals surface area contributed by atoms with Gasteiger partial charge in [0.1, 0.15) is 0 Å². The van der Waals surface area contributed by atoms with Gasteiger partial charge in [0.05, 0.1) is 0 Å². The normalized spacial score (nSPS) is 24.2. The molecule has 0 aliphatic heterocycles. The highest BCUT2D eigenvalue weighted by Crippen LogP contribution is 2.10. The second kappa shape index (κ2) is 5.02. The lowest BCUT2D eigenvalue weighted by molar-refractivity contribution is -0.118.